The summed E-state index contributed by atoms with van der Waals surface area (Å²) in [6, 6.07) is 9.22. The Hall–Kier alpha value is -1.55. The molecule has 1 aromatic carbocycles. The van der Waals surface area contributed by atoms with Gasteiger partial charge in [0.05, 0.1) is 0 Å². The van der Waals surface area contributed by atoms with E-state index in [9.17, 15) is 4.79 Å². The lowest BCUT2D eigenvalue weighted by molar-refractivity contribution is -0.124. The summed E-state index contributed by atoms with van der Waals surface area (Å²) < 4.78 is 5.21. The third-order valence-electron chi connectivity index (χ3n) is 1.52. The molecule has 0 aliphatic rings. The first-order valence-electron chi connectivity index (χ1n) is 4.52. The van der Waals surface area contributed by atoms with Crippen LogP contribution in [0, 0.1) is 0 Å². The van der Waals surface area contributed by atoms with Gasteiger partial charge in [-0.15, -0.1) is 0 Å². The molecule has 0 unspecified atom stereocenters. The maximum Gasteiger partial charge on any atom is 0.271 e. The van der Waals surface area contributed by atoms with Gasteiger partial charge in [-0.3, -0.25) is 10.2 Å². The number of rotatable bonds is 5. The molecule has 0 heterocycles. The second kappa shape index (κ2) is 5.99. The van der Waals surface area contributed by atoms with Crippen LogP contribution in [0.3, 0.4) is 0 Å². The summed E-state index contributed by atoms with van der Waals surface area (Å²) in [7, 11) is 0. The quantitative estimate of drug-likeness (QED) is 0.678. The zero-order chi connectivity index (χ0) is 10.2. The molecule has 14 heavy (non-hydrogen) atoms. The van der Waals surface area contributed by atoms with Crippen LogP contribution >= 0.6 is 0 Å². The second-order valence-corrected chi connectivity index (χ2v) is 2.68. The zero-order valence-corrected chi connectivity index (χ0v) is 8.12. The number of hydrogen-bond donors (Lipinski definition) is 2. The van der Waals surface area contributed by atoms with Crippen LogP contribution in [-0.2, 0) is 4.79 Å². The molecule has 0 saturated carbocycles. The summed E-state index contributed by atoms with van der Waals surface area (Å²) in [5.41, 5.74) is 5.19. The number of amides is 1. The highest BCUT2D eigenvalue weighted by atomic mass is 16.5. The molecule has 0 saturated heterocycles. The number of carbonyl (C=O) groups excluding carboxylic acids is 1. The van der Waals surface area contributed by atoms with Crippen molar-refractivity contribution in [3.63, 3.8) is 0 Å². The van der Waals surface area contributed by atoms with Gasteiger partial charge in [0.25, 0.3) is 5.91 Å². The van der Waals surface area contributed by atoms with E-state index in [0.29, 0.717) is 12.3 Å². The minimum atomic E-state index is -0.185. The average molecular weight is 194 g/mol. The van der Waals surface area contributed by atoms with E-state index in [0.717, 1.165) is 0 Å². The Morgan fingerprint density at radius 1 is 1.36 bits per heavy atom. The molecule has 1 amide bonds. The predicted octanol–water partition coefficient (Wildman–Crippen LogP) is 0.706. The molecule has 0 aliphatic carbocycles. The highest BCUT2D eigenvalue weighted by Crippen LogP contribution is 2.07. The first-order valence-corrected chi connectivity index (χ1v) is 4.52. The van der Waals surface area contributed by atoms with Crippen molar-refractivity contribution in [1.29, 1.82) is 0 Å². The van der Waals surface area contributed by atoms with Crippen molar-refractivity contribution in [1.82, 2.24) is 10.9 Å². The number of benzene rings is 1. The minimum absolute atomic E-state index is 0.0248. The average Bonchev–Trinajstić information content (AvgIpc) is 2.25. The molecule has 76 valence electrons. The van der Waals surface area contributed by atoms with Gasteiger partial charge in [0, 0.05) is 6.54 Å². The molecular weight excluding hydrogens is 180 g/mol. The first-order chi connectivity index (χ1) is 6.83. The van der Waals surface area contributed by atoms with Crippen molar-refractivity contribution in [2.45, 2.75) is 6.92 Å². The molecule has 4 nitrogen and oxygen atoms in total. The van der Waals surface area contributed by atoms with E-state index in [1.54, 1.807) is 12.1 Å². The Kier molecular flexibility index (Phi) is 4.50. The number of nitrogens with one attached hydrogen (secondary N) is 2. The van der Waals surface area contributed by atoms with Crippen LogP contribution in [-0.4, -0.2) is 19.1 Å². The number of hydrogen-bond acceptors (Lipinski definition) is 3. The molecule has 0 atom stereocenters. The normalized spacial score (nSPS) is 9.50. The summed E-state index contributed by atoms with van der Waals surface area (Å²) in [6.45, 7) is 2.62. The topological polar surface area (TPSA) is 50.4 Å². The van der Waals surface area contributed by atoms with E-state index in [1.165, 1.54) is 0 Å². The van der Waals surface area contributed by atoms with Crippen LogP contribution in [0.1, 0.15) is 6.92 Å². The predicted molar refractivity (Wildman–Crippen MR) is 53.8 cm³/mol. The fraction of sp³-hybridized carbons (Fsp3) is 0.300. The van der Waals surface area contributed by atoms with Crippen molar-refractivity contribution in [2.24, 2.45) is 0 Å². The van der Waals surface area contributed by atoms with E-state index in [-0.39, 0.29) is 12.5 Å². The third-order valence-corrected chi connectivity index (χ3v) is 1.52. The molecule has 0 bridgehead atoms. The lowest BCUT2D eigenvalue weighted by Crippen LogP contribution is -2.39. The third kappa shape index (κ3) is 3.91. The van der Waals surface area contributed by atoms with Crippen LogP contribution in [0.15, 0.2) is 30.3 Å². The lowest BCUT2D eigenvalue weighted by atomic mass is 10.3. The maximum atomic E-state index is 11.1. The maximum absolute atomic E-state index is 11.1. The first kappa shape index (κ1) is 10.5. The smallest absolute Gasteiger partial charge is 0.271 e. The van der Waals surface area contributed by atoms with E-state index < -0.39 is 0 Å². The van der Waals surface area contributed by atoms with Crippen LogP contribution in [0.25, 0.3) is 0 Å². The SMILES string of the molecule is CCNNC(=O)COc1ccccc1. The Bertz CT molecular complexity index is 275. The zero-order valence-electron chi connectivity index (χ0n) is 8.12. The summed E-state index contributed by atoms with van der Waals surface area (Å²) in [5.74, 6) is 0.509. The van der Waals surface area contributed by atoms with Gasteiger partial charge in [-0.05, 0) is 12.1 Å². The van der Waals surface area contributed by atoms with Crippen molar-refractivity contribution < 1.29 is 9.53 Å². The van der Waals surface area contributed by atoms with E-state index >= 15 is 0 Å². The second-order valence-electron chi connectivity index (χ2n) is 2.68. The molecular formula is C10H14N2O2. The van der Waals surface area contributed by atoms with Crippen LogP contribution in [0.5, 0.6) is 5.75 Å². The highest BCUT2D eigenvalue weighted by molar-refractivity contribution is 5.76. The lowest BCUT2D eigenvalue weighted by Gasteiger charge is -2.06. The van der Waals surface area contributed by atoms with Gasteiger partial charge in [-0.25, -0.2) is 5.43 Å². The number of para-hydroxylation sites is 1. The summed E-state index contributed by atoms with van der Waals surface area (Å²) in [5, 5.41) is 0. The van der Waals surface area contributed by atoms with Gasteiger partial charge < -0.3 is 4.74 Å². The van der Waals surface area contributed by atoms with Gasteiger partial charge in [-0.1, -0.05) is 25.1 Å². The van der Waals surface area contributed by atoms with Gasteiger partial charge in [0.1, 0.15) is 5.75 Å². The largest absolute Gasteiger partial charge is 0.484 e. The molecule has 4 heteroatoms. The number of hydrazine groups is 1. The summed E-state index contributed by atoms with van der Waals surface area (Å²) >= 11 is 0. The Labute approximate surface area is 83.2 Å². The van der Waals surface area contributed by atoms with E-state index in [1.807, 2.05) is 25.1 Å². The molecule has 0 aromatic heterocycles. The number of ether oxygens (including phenoxy) is 1. The molecule has 0 fully saturated rings. The van der Waals surface area contributed by atoms with Crippen molar-refractivity contribution >= 4 is 5.91 Å². The highest BCUT2D eigenvalue weighted by Gasteiger charge is 1.99. The standard InChI is InChI=1S/C10H14N2O2/c1-2-11-12-10(13)8-14-9-6-4-3-5-7-9/h3-7,11H,2,8H2,1H3,(H,12,13). The molecule has 0 spiro atoms. The van der Waals surface area contributed by atoms with Crippen LogP contribution < -0.4 is 15.6 Å². The molecule has 1 aromatic rings. The Balaban J connectivity index is 2.24. The van der Waals surface area contributed by atoms with Gasteiger partial charge in [-0.2, -0.15) is 0 Å². The van der Waals surface area contributed by atoms with Gasteiger partial charge in [0.2, 0.25) is 0 Å². The number of carbonyl (C=O) groups is 1. The fourth-order valence-electron chi connectivity index (χ4n) is 0.889. The van der Waals surface area contributed by atoms with Crippen LogP contribution in [0.4, 0.5) is 0 Å². The summed E-state index contributed by atoms with van der Waals surface area (Å²) in [4.78, 5) is 11.1. The van der Waals surface area contributed by atoms with Gasteiger partial charge in [0.15, 0.2) is 6.61 Å². The molecule has 0 radical (unpaired) electrons. The monoisotopic (exact) mass is 194 g/mol. The summed E-state index contributed by atoms with van der Waals surface area (Å²) in [6.07, 6.45) is 0. The minimum Gasteiger partial charge on any atom is -0.484 e. The van der Waals surface area contributed by atoms with E-state index in [2.05, 4.69) is 10.9 Å². The molecule has 2 N–H and O–H groups in total. The van der Waals surface area contributed by atoms with Gasteiger partial charge >= 0.3 is 0 Å². The van der Waals surface area contributed by atoms with Crippen molar-refractivity contribution in [3.8, 4) is 5.75 Å². The Morgan fingerprint density at radius 3 is 2.71 bits per heavy atom. The van der Waals surface area contributed by atoms with Crippen molar-refractivity contribution in [2.75, 3.05) is 13.2 Å². The Morgan fingerprint density at radius 2 is 2.07 bits per heavy atom. The van der Waals surface area contributed by atoms with E-state index in [4.69, 9.17) is 4.74 Å². The molecule has 0 aliphatic heterocycles. The van der Waals surface area contributed by atoms with Crippen molar-refractivity contribution in [3.05, 3.63) is 30.3 Å². The fourth-order valence-corrected chi connectivity index (χ4v) is 0.889. The van der Waals surface area contributed by atoms with Crippen LogP contribution in [0.2, 0.25) is 0 Å². The molecule has 1 rings (SSSR count).